The van der Waals surface area contributed by atoms with E-state index < -0.39 is 0 Å². The van der Waals surface area contributed by atoms with E-state index >= 15 is 0 Å². The number of hydrogen-bond acceptors (Lipinski definition) is 5. The van der Waals surface area contributed by atoms with Crippen LogP contribution in [0, 0.1) is 52.3 Å². The van der Waals surface area contributed by atoms with Crippen LogP contribution in [0.3, 0.4) is 0 Å². The van der Waals surface area contributed by atoms with Crippen LogP contribution < -0.4 is 0 Å². The number of aliphatic hydroxyl groups is 2. The summed E-state index contributed by atoms with van der Waals surface area (Å²) in [5.41, 5.74) is 0.654. The Bertz CT molecular complexity index is 671. The van der Waals surface area contributed by atoms with E-state index in [1.54, 1.807) is 7.11 Å². The average molecular weight is 495 g/mol. The molecule has 4 fully saturated rings. The second kappa shape index (κ2) is 11.7. The molecule has 35 heavy (non-hydrogen) atoms. The van der Waals surface area contributed by atoms with Crippen LogP contribution in [0.2, 0.25) is 0 Å². The molecule has 4 aliphatic carbocycles. The molecule has 4 saturated carbocycles. The van der Waals surface area contributed by atoms with Gasteiger partial charge in [0.2, 0.25) is 0 Å². The van der Waals surface area contributed by atoms with Crippen LogP contribution in [0.5, 0.6) is 0 Å². The first-order valence-corrected chi connectivity index (χ1v) is 14.8. The highest BCUT2D eigenvalue weighted by Gasteiger charge is 2.64. The van der Waals surface area contributed by atoms with Gasteiger partial charge in [-0.05, 0) is 110 Å². The Morgan fingerprint density at radius 1 is 0.971 bits per heavy atom. The van der Waals surface area contributed by atoms with E-state index in [0.717, 1.165) is 38.0 Å². The predicted molar refractivity (Wildman–Crippen MR) is 139 cm³/mol. The van der Waals surface area contributed by atoms with Crippen molar-refractivity contribution in [2.24, 2.45) is 52.3 Å². The summed E-state index contributed by atoms with van der Waals surface area (Å²) in [6.07, 6.45) is 11.7. The summed E-state index contributed by atoms with van der Waals surface area (Å²) in [7, 11) is 1.69. The molecule has 4 aliphatic rings. The van der Waals surface area contributed by atoms with Crippen molar-refractivity contribution in [2.75, 3.05) is 33.7 Å². The molecular weight excluding hydrogens is 440 g/mol. The second-order valence-corrected chi connectivity index (χ2v) is 13.1. The van der Waals surface area contributed by atoms with Crippen LogP contribution in [0.1, 0.15) is 91.9 Å². The molecule has 5 nitrogen and oxygen atoms in total. The monoisotopic (exact) mass is 494 g/mol. The van der Waals surface area contributed by atoms with E-state index in [1.807, 2.05) is 0 Å². The molecule has 0 aromatic rings. The van der Waals surface area contributed by atoms with Gasteiger partial charge in [0.15, 0.2) is 0 Å². The van der Waals surface area contributed by atoms with E-state index in [2.05, 4.69) is 27.7 Å². The van der Waals surface area contributed by atoms with Gasteiger partial charge < -0.3 is 24.4 Å². The van der Waals surface area contributed by atoms with Gasteiger partial charge in [0.05, 0.1) is 25.4 Å². The van der Waals surface area contributed by atoms with Crippen molar-refractivity contribution in [3.05, 3.63) is 0 Å². The standard InChI is InChI=1S/C30H54O5/c1-6-22-26-18-21(35-19-34-17-16-33-5)11-13-30(26,4)25-12-14-29(3)23(20(2)8-7-15-31)9-10-24(29)27(25)28(22)32/h20-28,31-32H,6-19H2,1-5H3/t20-,21-,22-,23-,24+,25+,26?,27?,28-,29?,30?/m1/s1. The number of hydrogen-bond donors (Lipinski definition) is 2. The van der Waals surface area contributed by atoms with E-state index in [1.165, 1.54) is 32.1 Å². The molecule has 0 aromatic heterocycles. The highest BCUT2D eigenvalue weighted by Crippen LogP contribution is 2.69. The maximum absolute atomic E-state index is 12.0. The zero-order chi connectivity index (χ0) is 25.2. The van der Waals surface area contributed by atoms with Gasteiger partial charge in [-0.15, -0.1) is 0 Å². The van der Waals surface area contributed by atoms with E-state index in [-0.39, 0.29) is 12.2 Å². The minimum absolute atomic E-state index is 0.184. The van der Waals surface area contributed by atoms with Crippen LogP contribution in [0.25, 0.3) is 0 Å². The molecule has 0 aromatic carbocycles. The van der Waals surface area contributed by atoms with Gasteiger partial charge in [0, 0.05) is 13.7 Å². The Morgan fingerprint density at radius 3 is 2.43 bits per heavy atom. The van der Waals surface area contributed by atoms with Gasteiger partial charge in [-0.2, -0.15) is 0 Å². The average Bonchev–Trinajstić information content (AvgIpc) is 3.20. The maximum Gasteiger partial charge on any atom is 0.147 e. The van der Waals surface area contributed by atoms with Crippen molar-refractivity contribution in [2.45, 2.75) is 104 Å². The lowest BCUT2D eigenvalue weighted by molar-refractivity contribution is -0.213. The van der Waals surface area contributed by atoms with Crippen molar-refractivity contribution >= 4 is 0 Å². The highest BCUT2D eigenvalue weighted by atomic mass is 16.7. The molecule has 4 rings (SSSR count). The summed E-state index contributed by atoms with van der Waals surface area (Å²) in [5, 5.41) is 21.4. The third-order valence-electron chi connectivity index (χ3n) is 11.8. The third kappa shape index (κ3) is 5.11. The van der Waals surface area contributed by atoms with E-state index in [9.17, 15) is 10.2 Å². The number of rotatable bonds is 11. The van der Waals surface area contributed by atoms with Crippen LogP contribution in [-0.2, 0) is 14.2 Å². The molecule has 0 aliphatic heterocycles. The second-order valence-electron chi connectivity index (χ2n) is 13.1. The molecular formula is C30H54O5. The SMILES string of the molecule is CC[C@@H]1C2C[C@H](OCOCCOC)CCC2(C)[C@H]2CCC3(C)[C@@H]([C@H](C)CCCO)CC[C@H]3C2[C@@H]1O. The number of methoxy groups -OCH3 is 1. The maximum atomic E-state index is 12.0. The van der Waals surface area contributed by atoms with Gasteiger partial charge in [-0.3, -0.25) is 0 Å². The molecule has 0 spiro atoms. The molecule has 4 unspecified atom stereocenters. The Morgan fingerprint density at radius 2 is 1.71 bits per heavy atom. The van der Waals surface area contributed by atoms with Crippen LogP contribution in [0.15, 0.2) is 0 Å². The molecule has 204 valence electrons. The van der Waals surface area contributed by atoms with Crippen molar-refractivity contribution in [3.8, 4) is 0 Å². The predicted octanol–water partition coefficient (Wildman–Crippen LogP) is 5.67. The number of aliphatic hydroxyl groups excluding tert-OH is 2. The minimum atomic E-state index is -0.184. The molecule has 5 heteroatoms. The zero-order valence-corrected chi connectivity index (χ0v) is 23.2. The third-order valence-corrected chi connectivity index (χ3v) is 11.8. The van der Waals surface area contributed by atoms with Crippen molar-refractivity contribution in [1.29, 1.82) is 0 Å². The minimum Gasteiger partial charge on any atom is -0.396 e. The Hall–Kier alpha value is -0.200. The molecule has 0 heterocycles. The van der Waals surface area contributed by atoms with Crippen molar-refractivity contribution in [1.82, 2.24) is 0 Å². The van der Waals surface area contributed by atoms with Gasteiger partial charge in [0.1, 0.15) is 6.79 Å². The summed E-state index contributed by atoms with van der Waals surface area (Å²) in [6, 6.07) is 0. The van der Waals surface area contributed by atoms with Crippen molar-refractivity contribution in [3.63, 3.8) is 0 Å². The molecule has 2 N–H and O–H groups in total. The molecule has 0 amide bonds. The van der Waals surface area contributed by atoms with Crippen LogP contribution >= 0.6 is 0 Å². The summed E-state index contributed by atoms with van der Waals surface area (Å²) in [6.45, 7) is 11.7. The van der Waals surface area contributed by atoms with Crippen LogP contribution in [-0.4, -0.2) is 56.1 Å². The lowest BCUT2D eigenvalue weighted by Crippen LogP contribution is -2.62. The lowest BCUT2D eigenvalue weighted by atomic mass is 9.41. The molecule has 11 atom stereocenters. The first-order chi connectivity index (χ1) is 16.8. The lowest BCUT2D eigenvalue weighted by Gasteiger charge is -2.65. The normalized spacial score (nSPS) is 46.0. The van der Waals surface area contributed by atoms with Gasteiger partial charge in [0.25, 0.3) is 0 Å². The molecule has 0 bridgehead atoms. The topological polar surface area (TPSA) is 68.2 Å². The fraction of sp³-hybridized carbons (Fsp3) is 1.00. The molecule has 0 saturated heterocycles. The zero-order valence-electron chi connectivity index (χ0n) is 23.2. The first kappa shape index (κ1) is 27.8. The van der Waals surface area contributed by atoms with Gasteiger partial charge >= 0.3 is 0 Å². The van der Waals surface area contributed by atoms with Gasteiger partial charge in [-0.1, -0.05) is 34.1 Å². The van der Waals surface area contributed by atoms with Crippen LogP contribution in [0.4, 0.5) is 0 Å². The summed E-state index contributed by atoms with van der Waals surface area (Å²) in [4.78, 5) is 0. The fourth-order valence-corrected chi connectivity index (χ4v) is 10.0. The number of fused-ring (bicyclic) bond motifs is 5. The summed E-state index contributed by atoms with van der Waals surface area (Å²) < 4.78 is 16.8. The number of ether oxygens (including phenoxy) is 3. The van der Waals surface area contributed by atoms with Gasteiger partial charge in [-0.25, -0.2) is 0 Å². The Kier molecular flexibility index (Phi) is 9.28. The largest absolute Gasteiger partial charge is 0.396 e. The molecule has 0 radical (unpaired) electrons. The smallest absolute Gasteiger partial charge is 0.147 e. The van der Waals surface area contributed by atoms with E-state index in [4.69, 9.17) is 14.2 Å². The quantitative estimate of drug-likeness (QED) is 0.286. The Balaban J connectivity index is 1.49. The Labute approximate surface area is 214 Å². The summed E-state index contributed by atoms with van der Waals surface area (Å²) in [5.74, 6) is 4.03. The first-order valence-electron chi connectivity index (χ1n) is 14.8. The van der Waals surface area contributed by atoms with E-state index in [0.29, 0.717) is 73.0 Å². The summed E-state index contributed by atoms with van der Waals surface area (Å²) >= 11 is 0. The van der Waals surface area contributed by atoms with Crippen molar-refractivity contribution < 1.29 is 24.4 Å². The highest BCUT2D eigenvalue weighted by molar-refractivity contribution is 5.13. The fourth-order valence-electron chi connectivity index (χ4n) is 10.0.